The Morgan fingerprint density at radius 1 is 1.00 bits per heavy atom. The first-order valence-electron chi connectivity index (χ1n) is 5.65. The van der Waals surface area contributed by atoms with Crippen LogP contribution in [0.15, 0.2) is 42.5 Å². The van der Waals surface area contributed by atoms with Crippen molar-refractivity contribution in [2.75, 3.05) is 0 Å². The second-order valence-corrected chi connectivity index (χ2v) is 4.02. The highest BCUT2D eigenvalue weighted by Crippen LogP contribution is 2.25. The van der Waals surface area contributed by atoms with Crippen LogP contribution in [0.4, 0.5) is 0 Å². The number of phenols is 3. The van der Waals surface area contributed by atoms with Crippen LogP contribution in [0, 0.1) is 0 Å². The van der Waals surface area contributed by atoms with Crippen molar-refractivity contribution < 1.29 is 20.1 Å². The Bertz CT molecular complexity index is 590. The lowest BCUT2D eigenvalue weighted by Crippen LogP contribution is -2.22. The predicted molar refractivity (Wildman–Crippen MR) is 69.0 cm³/mol. The summed E-state index contributed by atoms with van der Waals surface area (Å²) in [6, 6.07) is 10.5. The van der Waals surface area contributed by atoms with Gasteiger partial charge in [0.25, 0.3) is 5.91 Å². The van der Waals surface area contributed by atoms with E-state index in [1.807, 2.05) is 0 Å². The number of hydrogen-bond acceptors (Lipinski definition) is 4. The maximum Gasteiger partial charge on any atom is 0.259 e. The molecule has 5 heteroatoms. The number of carbonyl (C=O) groups excluding carboxylic acids is 1. The van der Waals surface area contributed by atoms with Gasteiger partial charge in [0.15, 0.2) is 0 Å². The van der Waals surface area contributed by atoms with E-state index in [1.54, 1.807) is 12.1 Å². The number of benzene rings is 2. The van der Waals surface area contributed by atoms with Gasteiger partial charge in [-0.3, -0.25) is 4.79 Å². The van der Waals surface area contributed by atoms with Gasteiger partial charge in [0.2, 0.25) is 0 Å². The van der Waals surface area contributed by atoms with Gasteiger partial charge in [0.1, 0.15) is 22.8 Å². The summed E-state index contributed by atoms with van der Waals surface area (Å²) < 4.78 is 0. The summed E-state index contributed by atoms with van der Waals surface area (Å²) in [5.74, 6) is -1.04. The van der Waals surface area contributed by atoms with E-state index < -0.39 is 5.91 Å². The van der Waals surface area contributed by atoms with Crippen LogP contribution in [0.2, 0.25) is 0 Å². The molecular formula is C14H13NO4. The van der Waals surface area contributed by atoms with E-state index in [4.69, 9.17) is 0 Å². The number of amides is 1. The molecular weight excluding hydrogens is 246 g/mol. The third-order valence-electron chi connectivity index (χ3n) is 2.61. The molecule has 0 atom stereocenters. The standard InChI is InChI=1S/C14H13NO4/c16-10-4-1-3-9(7-10)8-15-14(19)13-11(17)5-2-6-12(13)18/h1-7,16-18H,8H2,(H,15,19). The lowest BCUT2D eigenvalue weighted by molar-refractivity contribution is 0.0945. The molecule has 0 bridgehead atoms. The van der Waals surface area contributed by atoms with Crippen molar-refractivity contribution in [2.24, 2.45) is 0 Å². The fourth-order valence-electron chi connectivity index (χ4n) is 1.70. The normalized spacial score (nSPS) is 10.1. The van der Waals surface area contributed by atoms with Crippen LogP contribution in [0.25, 0.3) is 0 Å². The molecule has 2 aromatic carbocycles. The minimum absolute atomic E-state index is 0.108. The van der Waals surface area contributed by atoms with Crippen molar-refractivity contribution >= 4 is 5.91 Å². The molecule has 0 radical (unpaired) electrons. The summed E-state index contributed by atoms with van der Waals surface area (Å²) >= 11 is 0. The van der Waals surface area contributed by atoms with E-state index in [1.165, 1.54) is 30.3 Å². The summed E-state index contributed by atoms with van der Waals surface area (Å²) in [4.78, 5) is 11.9. The number of carbonyl (C=O) groups is 1. The van der Waals surface area contributed by atoms with Crippen LogP contribution in [0.5, 0.6) is 17.2 Å². The van der Waals surface area contributed by atoms with Gasteiger partial charge in [-0.1, -0.05) is 18.2 Å². The SMILES string of the molecule is O=C(NCc1cccc(O)c1)c1c(O)cccc1O. The van der Waals surface area contributed by atoms with Crippen LogP contribution in [-0.2, 0) is 6.54 Å². The first-order valence-corrected chi connectivity index (χ1v) is 5.65. The Hall–Kier alpha value is -2.69. The zero-order chi connectivity index (χ0) is 13.8. The highest BCUT2D eigenvalue weighted by Gasteiger charge is 2.15. The van der Waals surface area contributed by atoms with E-state index in [9.17, 15) is 20.1 Å². The van der Waals surface area contributed by atoms with Gasteiger partial charge in [-0.15, -0.1) is 0 Å². The van der Waals surface area contributed by atoms with Crippen molar-refractivity contribution in [1.82, 2.24) is 5.32 Å². The first kappa shape index (κ1) is 12.8. The smallest absolute Gasteiger partial charge is 0.259 e. The molecule has 1 amide bonds. The van der Waals surface area contributed by atoms with Gasteiger partial charge in [0, 0.05) is 6.54 Å². The highest BCUT2D eigenvalue weighted by atomic mass is 16.3. The topological polar surface area (TPSA) is 89.8 Å². The van der Waals surface area contributed by atoms with Gasteiger partial charge < -0.3 is 20.6 Å². The minimum atomic E-state index is -0.584. The molecule has 0 aliphatic heterocycles. The number of rotatable bonds is 3. The van der Waals surface area contributed by atoms with Crippen LogP contribution >= 0.6 is 0 Å². The molecule has 0 heterocycles. The van der Waals surface area contributed by atoms with E-state index in [0.29, 0.717) is 5.56 Å². The highest BCUT2D eigenvalue weighted by molar-refractivity contribution is 5.99. The lowest BCUT2D eigenvalue weighted by atomic mass is 10.1. The zero-order valence-corrected chi connectivity index (χ0v) is 10.00. The van der Waals surface area contributed by atoms with Crippen LogP contribution in [0.3, 0.4) is 0 Å². The maximum absolute atomic E-state index is 11.9. The van der Waals surface area contributed by atoms with Crippen molar-refractivity contribution in [3.05, 3.63) is 53.6 Å². The predicted octanol–water partition coefficient (Wildman–Crippen LogP) is 1.73. The molecule has 2 aromatic rings. The second-order valence-electron chi connectivity index (χ2n) is 4.02. The summed E-state index contributed by atoms with van der Waals surface area (Å²) in [6.45, 7) is 0.182. The summed E-state index contributed by atoms with van der Waals surface area (Å²) in [5.41, 5.74) is 0.547. The lowest BCUT2D eigenvalue weighted by Gasteiger charge is -2.08. The Morgan fingerprint density at radius 2 is 1.63 bits per heavy atom. The van der Waals surface area contributed by atoms with Gasteiger partial charge in [0.05, 0.1) is 0 Å². The summed E-state index contributed by atoms with van der Waals surface area (Å²) in [6.07, 6.45) is 0. The van der Waals surface area contributed by atoms with E-state index in [0.717, 1.165) is 0 Å². The maximum atomic E-state index is 11.9. The number of nitrogens with one attached hydrogen (secondary N) is 1. The van der Waals surface area contributed by atoms with Gasteiger partial charge in [-0.25, -0.2) is 0 Å². The van der Waals surface area contributed by atoms with E-state index in [2.05, 4.69) is 5.32 Å². The zero-order valence-electron chi connectivity index (χ0n) is 10.00. The average Bonchev–Trinajstić information content (AvgIpc) is 2.36. The Morgan fingerprint density at radius 3 is 2.26 bits per heavy atom. The molecule has 0 saturated heterocycles. The molecule has 0 unspecified atom stereocenters. The Kier molecular flexibility index (Phi) is 3.56. The molecule has 2 rings (SSSR count). The molecule has 0 aromatic heterocycles. The quantitative estimate of drug-likeness (QED) is 0.675. The van der Waals surface area contributed by atoms with Gasteiger partial charge >= 0.3 is 0 Å². The van der Waals surface area contributed by atoms with Crippen molar-refractivity contribution in [1.29, 1.82) is 0 Å². The third-order valence-corrected chi connectivity index (χ3v) is 2.61. The van der Waals surface area contributed by atoms with Crippen LogP contribution in [0.1, 0.15) is 15.9 Å². The number of hydrogen-bond donors (Lipinski definition) is 4. The average molecular weight is 259 g/mol. The second kappa shape index (κ2) is 5.30. The Labute approximate surface area is 109 Å². The number of aromatic hydroxyl groups is 3. The van der Waals surface area contributed by atoms with Crippen LogP contribution in [-0.4, -0.2) is 21.2 Å². The molecule has 19 heavy (non-hydrogen) atoms. The fraction of sp³-hybridized carbons (Fsp3) is 0.0714. The molecule has 5 nitrogen and oxygen atoms in total. The van der Waals surface area contributed by atoms with Crippen molar-refractivity contribution in [3.8, 4) is 17.2 Å². The molecule has 4 N–H and O–H groups in total. The molecule has 0 aliphatic rings. The van der Waals surface area contributed by atoms with Gasteiger partial charge in [-0.2, -0.15) is 0 Å². The van der Waals surface area contributed by atoms with Gasteiger partial charge in [-0.05, 0) is 29.8 Å². The van der Waals surface area contributed by atoms with E-state index in [-0.39, 0.29) is 29.4 Å². The molecule has 98 valence electrons. The molecule has 0 aliphatic carbocycles. The third kappa shape index (κ3) is 2.95. The minimum Gasteiger partial charge on any atom is -0.508 e. The fourth-order valence-corrected chi connectivity index (χ4v) is 1.70. The molecule has 0 fully saturated rings. The van der Waals surface area contributed by atoms with E-state index >= 15 is 0 Å². The van der Waals surface area contributed by atoms with Crippen molar-refractivity contribution in [3.63, 3.8) is 0 Å². The molecule has 0 spiro atoms. The monoisotopic (exact) mass is 259 g/mol. The summed E-state index contributed by atoms with van der Waals surface area (Å²) in [5, 5.41) is 30.9. The molecule has 0 saturated carbocycles. The largest absolute Gasteiger partial charge is 0.508 e. The van der Waals surface area contributed by atoms with Crippen LogP contribution < -0.4 is 5.32 Å². The Balaban J connectivity index is 2.10. The number of phenolic OH excluding ortho intramolecular Hbond substituents is 3. The summed E-state index contributed by atoms with van der Waals surface area (Å²) in [7, 11) is 0. The first-order chi connectivity index (χ1) is 9.08. The van der Waals surface area contributed by atoms with Crippen molar-refractivity contribution in [2.45, 2.75) is 6.54 Å².